The van der Waals surface area contributed by atoms with Crippen LogP contribution in [0.2, 0.25) is 5.02 Å². The van der Waals surface area contributed by atoms with Gasteiger partial charge >= 0.3 is 29.8 Å². The quantitative estimate of drug-likeness (QED) is 0.0533. The zero-order valence-electron chi connectivity index (χ0n) is 67.8. The van der Waals surface area contributed by atoms with Crippen molar-refractivity contribution >= 4 is 120 Å². The number of esters is 5. The standard InChI is InChI=1S/C18H16F2N2O4S.C18H17F2NO4S.C17H14ClFN2O3.C17H14F2N2O3.C17H15F2NO4S/c1-18(9-23)17(25)22(8-10-3-12(19)6-13(20)4-10)14-5-11(16(24)26-2)7-21-15(14)27-18;1-11-5-13-3-4-14(18(22)25-2)8-17(13)21(26(11,23)24)10-12-6-15(19)9-16(20)7-12;1-24-17(23)10-7-15-14(20-8-10)5-6-16(22)21(15)9-11-12(18)3-2-4-13(11)19;1-24-17(23)14-4-2-11-3-5-15(22)21(16(11)20-14)9-10-6-12(18)8-13(19)7-10;1-24-17(21)13-3-2-12-4-5-25(22,23)20(16(12)8-13)10-11-6-14(18)9-15(19)7-11/h3-7,23H,8-9H2,1-2H3;3-4,6-9,11H,5,10H2,1-2H3;2-4,7-8H,5-6,9H2,1H3;2,4,6-8H,3,5,9H2,1H3;2-3,6-9H,4-5,10H2,1H3. The number of benzene rings is 7. The first-order chi connectivity index (χ1) is 59.8. The summed E-state index contributed by atoms with van der Waals surface area (Å²) in [4.78, 5) is 113. The number of fused-ring (bicyclic) bond motifs is 5. The van der Waals surface area contributed by atoms with E-state index >= 15 is 0 Å². The van der Waals surface area contributed by atoms with Crippen LogP contribution < -0.4 is 23.3 Å². The molecule has 15 rings (SSSR count). The van der Waals surface area contributed by atoms with Crippen molar-refractivity contribution in [1.82, 2.24) is 15.0 Å². The molecule has 660 valence electrons. The molecule has 0 aliphatic carbocycles. The Morgan fingerprint density at radius 3 is 1.42 bits per heavy atom. The van der Waals surface area contributed by atoms with Crippen LogP contribution >= 0.6 is 23.4 Å². The van der Waals surface area contributed by atoms with Crippen LogP contribution in [0.15, 0.2) is 169 Å². The number of halogens is 10. The molecule has 7 aromatic carbocycles. The highest BCUT2D eigenvalue weighted by atomic mass is 35.5. The summed E-state index contributed by atoms with van der Waals surface area (Å²) in [5.74, 6) is -10.2. The molecule has 0 radical (unpaired) electrons. The number of ether oxygens (including phenoxy) is 5. The number of nitrogens with zero attached hydrogens (tertiary/aromatic N) is 8. The molecule has 2 atom stereocenters. The number of carbonyl (C=O) groups is 8. The maximum absolute atomic E-state index is 14.1. The van der Waals surface area contributed by atoms with Crippen molar-refractivity contribution in [2.75, 3.05) is 71.2 Å². The number of aromatic nitrogens is 3. The van der Waals surface area contributed by atoms with E-state index in [-0.39, 0.29) is 125 Å². The number of carbonyl (C=O) groups excluding carboxylic acids is 8. The summed E-state index contributed by atoms with van der Waals surface area (Å²) >= 11 is 7.12. The van der Waals surface area contributed by atoms with Crippen LogP contribution in [0.5, 0.6) is 0 Å². The highest BCUT2D eigenvalue weighted by Gasteiger charge is 2.45. The van der Waals surface area contributed by atoms with Crippen LogP contribution in [0.3, 0.4) is 0 Å². The summed E-state index contributed by atoms with van der Waals surface area (Å²) in [6, 6.07) is 31.7. The largest absolute Gasteiger partial charge is 0.465 e. The number of thioether (sulfide) groups is 1. The second-order valence-electron chi connectivity index (χ2n) is 28.9. The predicted octanol–water partition coefficient (Wildman–Crippen LogP) is 14.0. The Labute approximate surface area is 724 Å². The molecule has 39 heteroatoms. The zero-order chi connectivity index (χ0) is 91.6. The number of pyridine rings is 3. The van der Waals surface area contributed by atoms with Gasteiger partial charge in [0.25, 0.3) is 0 Å². The van der Waals surface area contributed by atoms with Gasteiger partial charge in [-0.3, -0.25) is 32.9 Å². The van der Waals surface area contributed by atoms with Gasteiger partial charge in [0.15, 0.2) is 5.69 Å². The molecular weight excluding hydrogens is 1750 g/mol. The molecule has 3 amide bonds. The Bertz CT molecular complexity index is 6110. The third-order valence-corrected chi connectivity index (χ3v) is 25.6. The molecule has 0 bridgehead atoms. The molecule has 5 aliphatic heterocycles. The third kappa shape index (κ3) is 21.9. The average Bonchev–Trinajstić information content (AvgIpc) is 0.765. The van der Waals surface area contributed by atoms with E-state index in [4.69, 9.17) is 11.6 Å². The number of hydrogen-bond donors (Lipinski definition) is 1. The lowest BCUT2D eigenvalue weighted by atomic mass is 10.0. The lowest BCUT2D eigenvalue weighted by Crippen LogP contribution is -2.50. The highest BCUT2D eigenvalue weighted by Crippen LogP contribution is 2.46. The number of aliphatic hydroxyl groups excluding tert-OH is 1. The number of rotatable bonds is 16. The monoisotopic (exact) mass is 1820 g/mol. The van der Waals surface area contributed by atoms with Crippen molar-refractivity contribution in [1.29, 1.82) is 0 Å². The summed E-state index contributed by atoms with van der Waals surface area (Å²) < 4.78 is 197. The first-order valence-corrected chi connectivity index (χ1v) is 42.2. The minimum absolute atomic E-state index is 0.0242. The summed E-state index contributed by atoms with van der Waals surface area (Å²) in [6.45, 7) is 2.01. The van der Waals surface area contributed by atoms with Gasteiger partial charge in [0.05, 0.1) is 137 Å². The molecule has 0 fully saturated rings. The van der Waals surface area contributed by atoms with Gasteiger partial charge in [-0.15, -0.1) is 0 Å². The number of methoxy groups -OCH3 is 5. The van der Waals surface area contributed by atoms with E-state index in [1.165, 1.54) is 99.0 Å². The average molecular weight is 1820 g/mol. The Hall–Kier alpha value is -12.8. The van der Waals surface area contributed by atoms with Gasteiger partial charge < -0.3 is 38.6 Å². The van der Waals surface area contributed by atoms with Crippen molar-refractivity contribution in [3.05, 3.63) is 300 Å². The molecule has 5 aliphatic rings. The van der Waals surface area contributed by atoms with Gasteiger partial charge in [0.2, 0.25) is 37.8 Å². The van der Waals surface area contributed by atoms with Crippen LogP contribution in [0, 0.1) is 52.4 Å². The molecule has 2 unspecified atom stereocenters. The van der Waals surface area contributed by atoms with E-state index < -0.39 is 125 Å². The molecular formula is C87H76ClF9N8O18S3. The minimum Gasteiger partial charge on any atom is -0.465 e. The van der Waals surface area contributed by atoms with E-state index in [9.17, 15) is 99.8 Å². The predicted molar refractivity (Wildman–Crippen MR) is 443 cm³/mol. The number of aliphatic hydroxyl groups is 1. The smallest absolute Gasteiger partial charge is 0.356 e. The highest BCUT2D eigenvalue weighted by molar-refractivity contribution is 8.01. The third-order valence-electron chi connectivity index (χ3n) is 20.2. The van der Waals surface area contributed by atoms with E-state index in [1.54, 1.807) is 56.3 Å². The summed E-state index contributed by atoms with van der Waals surface area (Å²) in [6.07, 6.45) is 4.81. The number of sulfonamides is 2. The first kappa shape index (κ1) is 93.9. The second-order valence-corrected chi connectivity index (χ2v) is 35.0. The van der Waals surface area contributed by atoms with Gasteiger partial charge in [0.1, 0.15) is 67.9 Å². The molecule has 0 saturated heterocycles. The van der Waals surface area contributed by atoms with Crippen molar-refractivity contribution in [2.45, 2.75) is 100 Å². The lowest BCUT2D eigenvalue weighted by Gasteiger charge is -2.38. The van der Waals surface area contributed by atoms with Gasteiger partial charge in [0, 0.05) is 66.5 Å². The minimum atomic E-state index is -3.75. The number of anilines is 5. The van der Waals surface area contributed by atoms with Crippen LogP contribution in [-0.4, -0.2) is 142 Å². The molecule has 3 aromatic heterocycles. The van der Waals surface area contributed by atoms with Crippen LogP contribution in [0.1, 0.15) is 129 Å². The van der Waals surface area contributed by atoms with Crippen LogP contribution in [0.25, 0.3) is 0 Å². The molecule has 10 aromatic rings. The number of aryl methyl sites for hydroxylation is 3. The fourth-order valence-electron chi connectivity index (χ4n) is 13.9. The van der Waals surface area contributed by atoms with Crippen LogP contribution in [0.4, 0.5) is 68.1 Å². The van der Waals surface area contributed by atoms with E-state index in [2.05, 4.69) is 38.6 Å². The fourth-order valence-corrected chi connectivity index (χ4v) is 18.3. The van der Waals surface area contributed by atoms with E-state index in [0.717, 1.165) is 110 Å². The Kier molecular flexibility index (Phi) is 29.8. The molecule has 1 N–H and O–H groups in total. The normalized spacial score (nSPS) is 16.1. The Balaban J connectivity index is 0.000000153. The number of hydrogen-bond acceptors (Lipinski definition) is 22. The summed E-state index contributed by atoms with van der Waals surface area (Å²) in [5, 5.41) is 9.67. The number of amides is 3. The summed E-state index contributed by atoms with van der Waals surface area (Å²) in [7, 11) is -1.24. The van der Waals surface area contributed by atoms with Gasteiger partial charge in [-0.2, -0.15) is 0 Å². The molecule has 8 heterocycles. The summed E-state index contributed by atoms with van der Waals surface area (Å²) in [5.41, 5.74) is 6.30. The lowest BCUT2D eigenvalue weighted by molar-refractivity contribution is -0.122. The van der Waals surface area contributed by atoms with E-state index in [1.807, 2.05) is 0 Å². The maximum Gasteiger partial charge on any atom is 0.356 e. The van der Waals surface area contributed by atoms with E-state index in [0.29, 0.717) is 64.1 Å². The Morgan fingerprint density at radius 1 is 0.476 bits per heavy atom. The fraction of sp³-hybridized carbons (Fsp3) is 0.253. The van der Waals surface area contributed by atoms with Gasteiger partial charge in [-0.1, -0.05) is 47.6 Å². The second kappa shape index (κ2) is 40.0. The Morgan fingerprint density at radius 2 is 0.913 bits per heavy atom. The van der Waals surface area contributed by atoms with Crippen molar-refractivity contribution in [3.63, 3.8) is 0 Å². The molecule has 126 heavy (non-hydrogen) atoms. The van der Waals surface area contributed by atoms with Crippen molar-refractivity contribution in [2.24, 2.45) is 0 Å². The SMILES string of the molecule is COC(=O)c1ccc2c(c1)N(Cc1cc(F)cc(F)c1)S(=O)(=O)C(C)C2.COC(=O)c1ccc2c(c1)N(Cc1cc(F)cc(F)c1)S(=O)(=O)CC2.COC(=O)c1ccc2c(n1)N(Cc1cc(F)cc(F)c1)C(=O)CC2.COC(=O)c1cnc2c(c1)N(Cc1c(F)cccc1Cl)C(=O)CC2.COC(=O)c1cnc2c(c1)N(Cc1cc(F)cc(F)c1)C(=O)C(C)(CO)S2. The first-order valence-electron chi connectivity index (χ1n) is 37.9. The van der Waals surface area contributed by atoms with Gasteiger partial charge in [-0.05, 0) is 175 Å². The topological polar surface area (TPSA) is 326 Å². The van der Waals surface area contributed by atoms with Crippen molar-refractivity contribution in [3.8, 4) is 0 Å². The van der Waals surface area contributed by atoms with Gasteiger partial charge in [-0.25, -0.2) is 90.3 Å². The van der Waals surface area contributed by atoms with Crippen LogP contribution in [-0.2, 0) is 117 Å². The van der Waals surface area contributed by atoms with Crippen molar-refractivity contribution < 1.29 is 123 Å². The zero-order valence-corrected chi connectivity index (χ0v) is 71.0. The maximum atomic E-state index is 14.1. The molecule has 0 saturated carbocycles. The molecule has 0 spiro atoms. The molecule has 26 nitrogen and oxygen atoms in total.